The molecule has 1 saturated heterocycles. The first-order valence-electron chi connectivity index (χ1n) is 5.62. The minimum atomic E-state index is 0.494. The average molecular weight is 193 g/mol. The third kappa shape index (κ3) is 1.94. The zero-order chi connectivity index (χ0) is 9.97. The Labute approximate surface area is 85.9 Å². The van der Waals surface area contributed by atoms with Crippen LogP contribution in [0.1, 0.15) is 44.8 Å². The Morgan fingerprint density at radius 1 is 1.14 bits per heavy atom. The van der Waals surface area contributed by atoms with Gasteiger partial charge in [0, 0.05) is 25.1 Å². The molecule has 0 spiro atoms. The molecular weight excluding hydrogens is 174 g/mol. The highest BCUT2D eigenvalue weighted by molar-refractivity contribution is 5.37. The molecule has 1 aliphatic heterocycles. The third-order valence-corrected chi connectivity index (χ3v) is 2.85. The molecule has 0 saturated carbocycles. The molecule has 0 atom stereocenters. The quantitative estimate of drug-likeness (QED) is 0.715. The molecule has 0 bridgehead atoms. The number of anilines is 1. The fourth-order valence-electron chi connectivity index (χ4n) is 1.94. The van der Waals surface area contributed by atoms with Crippen LogP contribution in [-0.2, 0) is 0 Å². The summed E-state index contributed by atoms with van der Waals surface area (Å²) < 4.78 is 5.81. The van der Waals surface area contributed by atoms with Crippen LogP contribution in [0.15, 0.2) is 16.5 Å². The predicted molar refractivity (Wildman–Crippen MR) is 58.9 cm³/mol. The smallest absolute Gasteiger partial charge is 0.195 e. The van der Waals surface area contributed by atoms with Gasteiger partial charge in [-0.25, -0.2) is 0 Å². The maximum Gasteiger partial charge on any atom is 0.195 e. The first-order valence-corrected chi connectivity index (χ1v) is 5.62. The lowest BCUT2D eigenvalue weighted by atomic mass is 10.1. The second kappa shape index (κ2) is 4.07. The van der Waals surface area contributed by atoms with Gasteiger partial charge in [-0.15, -0.1) is 0 Å². The number of piperidine rings is 1. The zero-order valence-corrected chi connectivity index (χ0v) is 9.12. The number of furan rings is 1. The molecule has 2 heterocycles. The predicted octanol–water partition coefficient (Wildman–Crippen LogP) is 3.39. The lowest BCUT2D eigenvalue weighted by Gasteiger charge is -2.26. The van der Waals surface area contributed by atoms with E-state index < -0.39 is 0 Å². The van der Waals surface area contributed by atoms with Crippen molar-refractivity contribution in [3.8, 4) is 0 Å². The number of hydrogen-bond donors (Lipinski definition) is 0. The minimum absolute atomic E-state index is 0.494. The maximum absolute atomic E-state index is 5.81. The van der Waals surface area contributed by atoms with E-state index in [1.54, 1.807) is 0 Å². The fourth-order valence-corrected chi connectivity index (χ4v) is 1.94. The monoisotopic (exact) mass is 193 g/mol. The van der Waals surface area contributed by atoms with Crippen LogP contribution >= 0.6 is 0 Å². The van der Waals surface area contributed by atoms with E-state index >= 15 is 0 Å². The van der Waals surface area contributed by atoms with E-state index in [0.29, 0.717) is 5.92 Å². The largest absolute Gasteiger partial charge is 0.445 e. The molecule has 0 radical (unpaired) electrons. The van der Waals surface area contributed by atoms with Crippen molar-refractivity contribution in [2.24, 2.45) is 0 Å². The number of nitrogens with zero attached hydrogens (tertiary/aromatic N) is 1. The topological polar surface area (TPSA) is 16.4 Å². The van der Waals surface area contributed by atoms with Crippen molar-refractivity contribution in [2.75, 3.05) is 18.0 Å². The van der Waals surface area contributed by atoms with Gasteiger partial charge in [0.2, 0.25) is 0 Å². The highest BCUT2D eigenvalue weighted by Crippen LogP contribution is 2.25. The summed E-state index contributed by atoms with van der Waals surface area (Å²) in [6.07, 6.45) is 3.98. The van der Waals surface area contributed by atoms with E-state index in [1.807, 2.05) is 0 Å². The summed E-state index contributed by atoms with van der Waals surface area (Å²) in [6, 6.07) is 4.22. The van der Waals surface area contributed by atoms with Gasteiger partial charge in [-0.2, -0.15) is 0 Å². The van der Waals surface area contributed by atoms with Crippen molar-refractivity contribution in [1.29, 1.82) is 0 Å². The SMILES string of the molecule is CC(C)c1ccc(N2CCCCC2)o1. The first-order chi connectivity index (χ1) is 6.77. The van der Waals surface area contributed by atoms with Crippen LogP contribution < -0.4 is 4.90 Å². The molecule has 2 rings (SSSR count). The summed E-state index contributed by atoms with van der Waals surface area (Å²) in [5.74, 6) is 2.66. The van der Waals surface area contributed by atoms with Crippen LogP contribution in [0.4, 0.5) is 5.88 Å². The Hall–Kier alpha value is -0.920. The molecule has 1 aliphatic rings. The van der Waals surface area contributed by atoms with Crippen molar-refractivity contribution in [3.63, 3.8) is 0 Å². The van der Waals surface area contributed by atoms with Crippen molar-refractivity contribution in [3.05, 3.63) is 17.9 Å². The van der Waals surface area contributed by atoms with Gasteiger partial charge in [0.15, 0.2) is 5.88 Å². The van der Waals surface area contributed by atoms with Crippen molar-refractivity contribution in [1.82, 2.24) is 0 Å². The van der Waals surface area contributed by atoms with Crippen LogP contribution in [0.5, 0.6) is 0 Å². The normalized spacial score (nSPS) is 17.8. The lowest BCUT2D eigenvalue weighted by Crippen LogP contribution is -2.28. The van der Waals surface area contributed by atoms with E-state index in [-0.39, 0.29) is 0 Å². The average Bonchev–Trinajstić information content (AvgIpc) is 2.68. The molecule has 1 aromatic rings. The molecule has 0 unspecified atom stereocenters. The summed E-state index contributed by atoms with van der Waals surface area (Å²) in [4.78, 5) is 2.36. The van der Waals surface area contributed by atoms with Crippen molar-refractivity contribution >= 4 is 5.88 Å². The van der Waals surface area contributed by atoms with E-state index in [1.165, 1.54) is 19.3 Å². The van der Waals surface area contributed by atoms with Gasteiger partial charge in [-0.3, -0.25) is 0 Å². The second-order valence-corrected chi connectivity index (χ2v) is 4.38. The highest BCUT2D eigenvalue weighted by atomic mass is 16.4. The Morgan fingerprint density at radius 3 is 2.43 bits per heavy atom. The Bertz CT molecular complexity index is 284. The van der Waals surface area contributed by atoms with Crippen LogP contribution in [0.2, 0.25) is 0 Å². The van der Waals surface area contributed by atoms with E-state index in [0.717, 1.165) is 24.7 Å². The molecule has 14 heavy (non-hydrogen) atoms. The van der Waals surface area contributed by atoms with E-state index in [9.17, 15) is 0 Å². The van der Waals surface area contributed by atoms with Gasteiger partial charge in [0.05, 0.1) is 0 Å². The van der Waals surface area contributed by atoms with Crippen LogP contribution in [0.25, 0.3) is 0 Å². The molecule has 2 nitrogen and oxygen atoms in total. The maximum atomic E-state index is 5.81. The van der Waals surface area contributed by atoms with Crippen LogP contribution in [0.3, 0.4) is 0 Å². The summed E-state index contributed by atoms with van der Waals surface area (Å²) in [5.41, 5.74) is 0. The molecule has 0 aromatic carbocycles. The summed E-state index contributed by atoms with van der Waals surface area (Å²) in [5, 5.41) is 0. The molecule has 1 fully saturated rings. The number of hydrogen-bond acceptors (Lipinski definition) is 2. The Kier molecular flexibility index (Phi) is 2.80. The van der Waals surface area contributed by atoms with Gasteiger partial charge in [-0.05, 0) is 25.3 Å². The van der Waals surface area contributed by atoms with E-state index in [2.05, 4.69) is 30.9 Å². The first kappa shape index (κ1) is 9.63. The van der Waals surface area contributed by atoms with Gasteiger partial charge >= 0.3 is 0 Å². The lowest BCUT2D eigenvalue weighted by molar-refractivity contribution is 0.458. The molecule has 2 heteroatoms. The molecule has 0 aliphatic carbocycles. The minimum Gasteiger partial charge on any atom is -0.445 e. The molecule has 0 N–H and O–H groups in total. The third-order valence-electron chi connectivity index (χ3n) is 2.85. The van der Waals surface area contributed by atoms with Crippen molar-refractivity contribution < 1.29 is 4.42 Å². The van der Waals surface area contributed by atoms with Gasteiger partial charge < -0.3 is 9.32 Å². The van der Waals surface area contributed by atoms with Crippen LogP contribution in [0, 0.1) is 0 Å². The summed E-state index contributed by atoms with van der Waals surface area (Å²) >= 11 is 0. The Morgan fingerprint density at radius 2 is 1.86 bits per heavy atom. The van der Waals surface area contributed by atoms with Crippen molar-refractivity contribution in [2.45, 2.75) is 39.0 Å². The molecule has 1 aromatic heterocycles. The fraction of sp³-hybridized carbons (Fsp3) is 0.667. The molecular formula is C12H19NO. The van der Waals surface area contributed by atoms with Gasteiger partial charge in [0.25, 0.3) is 0 Å². The second-order valence-electron chi connectivity index (χ2n) is 4.38. The molecule has 0 amide bonds. The van der Waals surface area contributed by atoms with Gasteiger partial charge in [0.1, 0.15) is 5.76 Å². The standard InChI is InChI=1S/C12H19NO/c1-10(2)11-6-7-12(14-11)13-8-4-3-5-9-13/h6-7,10H,3-5,8-9H2,1-2H3. The van der Waals surface area contributed by atoms with Gasteiger partial charge in [-0.1, -0.05) is 13.8 Å². The highest BCUT2D eigenvalue weighted by Gasteiger charge is 2.14. The van der Waals surface area contributed by atoms with Crippen LogP contribution in [-0.4, -0.2) is 13.1 Å². The molecule has 78 valence electrons. The summed E-state index contributed by atoms with van der Waals surface area (Å²) in [6.45, 7) is 6.65. The number of rotatable bonds is 2. The van der Waals surface area contributed by atoms with E-state index in [4.69, 9.17) is 4.42 Å². The summed E-state index contributed by atoms with van der Waals surface area (Å²) in [7, 11) is 0. The zero-order valence-electron chi connectivity index (χ0n) is 9.12. The Balaban J connectivity index is 2.07.